The number of pyridine rings is 1. The van der Waals surface area contributed by atoms with Crippen molar-refractivity contribution < 1.29 is 9.18 Å². The summed E-state index contributed by atoms with van der Waals surface area (Å²) in [5, 5.41) is 2.67. The molecule has 3 aromatic rings. The summed E-state index contributed by atoms with van der Waals surface area (Å²) in [6.45, 7) is 0. The molecule has 1 amide bonds. The van der Waals surface area contributed by atoms with Crippen LogP contribution in [0.2, 0.25) is 0 Å². The van der Waals surface area contributed by atoms with Crippen molar-refractivity contribution in [3.63, 3.8) is 0 Å². The molecule has 1 N–H and O–H groups in total. The molecule has 0 spiro atoms. The van der Waals surface area contributed by atoms with E-state index in [1.54, 1.807) is 48.7 Å². The number of amides is 1. The molecule has 1 aromatic carbocycles. The molecule has 114 valence electrons. The van der Waals surface area contributed by atoms with Crippen molar-refractivity contribution in [2.45, 2.75) is 0 Å². The third-order valence-electron chi connectivity index (χ3n) is 3.08. The van der Waals surface area contributed by atoms with Gasteiger partial charge in [-0.3, -0.25) is 4.79 Å². The van der Waals surface area contributed by atoms with Crippen LogP contribution in [0.15, 0.2) is 66.9 Å². The average molecular weight is 324 g/mol. The lowest BCUT2D eigenvalue weighted by Crippen LogP contribution is -2.08. The van der Waals surface area contributed by atoms with Crippen molar-refractivity contribution in [3.8, 4) is 10.4 Å². The highest BCUT2D eigenvalue weighted by Crippen LogP contribution is 2.30. The van der Waals surface area contributed by atoms with E-state index in [0.717, 1.165) is 9.75 Å². The van der Waals surface area contributed by atoms with E-state index in [-0.39, 0.29) is 11.7 Å². The summed E-state index contributed by atoms with van der Waals surface area (Å²) in [7, 11) is 0. The Bertz CT molecular complexity index is 843. The molecule has 0 unspecified atom stereocenters. The smallest absolute Gasteiger partial charge is 0.249 e. The summed E-state index contributed by atoms with van der Waals surface area (Å²) < 4.78 is 13.8. The number of halogens is 1. The maximum absolute atomic E-state index is 13.8. The van der Waals surface area contributed by atoms with Gasteiger partial charge in [-0.1, -0.05) is 24.3 Å². The average Bonchev–Trinajstić information content (AvgIpc) is 3.03. The number of rotatable bonds is 4. The third-order valence-corrected chi connectivity index (χ3v) is 4.17. The van der Waals surface area contributed by atoms with Gasteiger partial charge in [0.2, 0.25) is 5.91 Å². The van der Waals surface area contributed by atoms with Crippen molar-refractivity contribution in [2.24, 2.45) is 0 Å². The first kappa shape index (κ1) is 15.1. The van der Waals surface area contributed by atoms with E-state index >= 15 is 0 Å². The quantitative estimate of drug-likeness (QED) is 0.713. The van der Waals surface area contributed by atoms with E-state index in [1.165, 1.54) is 23.5 Å². The lowest BCUT2D eigenvalue weighted by molar-refractivity contribution is -0.111. The molecule has 0 aliphatic heterocycles. The van der Waals surface area contributed by atoms with Gasteiger partial charge in [-0.25, -0.2) is 9.37 Å². The van der Waals surface area contributed by atoms with E-state index in [9.17, 15) is 9.18 Å². The van der Waals surface area contributed by atoms with Crippen LogP contribution in [0.3, 0.4) is 0 Å². The predicted octanol–water partition coefficient (Wildman–Crippen LogP) is 4.60. The molecule has 0 aliphatic carbocycles. The Kier molecular flexibility index (Phi) is 4.59. The lowest BCUT2D eigenvalue weighted by Gasteiger charge is -1.99. The monoisotopic (exact) mass is 324 g/mol. The van der Waals surface area contributed by atoms with Crippen LogP contribution >= 0.6 is 11.3 Å². The van der Waals surface area contributed by atoms with Gasteiger partial charge in [0.25, 0.3) is 0 Å². The van der Waals surface area contributed by atoms with Gasteiger partial charge >= 0.3 is 0 Å². The fourth-order valence-electron chi connectivity index (χ4n) is 2.01. The second kappa shape index (κ2) is 6.98. The maximum Gasteiger partial charge on any atom is 0.249 e. The Labute approximate surface area is 137 Å². The minimum atomic E-state index is -0.260. The molecule has 0 radical (unpaired) electrons. The summed E-state index contributed by atoms with van der Waals surface area (Å²) in [6, 6.07) is 15.6. The highest BCUT2D eigenvalue weighted by molar-refractivity contribution is 7.16. The van der Waals surface area contributed by atoms with Crippen LogP contribution in [-0.4, -0.2) is 10.9 Å². The van der Waals surface area contributed by atoms with Gasteiger partial charge in [0.1, 0.15) is 11.6 Å². The second-order valence-corrected chi connectivity index (χ2v) is 5.83. The Morgan fingerprint density at radius 1 is 1.09 bits per heavy atom. The van der Waals surface area contributed by atoms with E-state index in [0.29, 0.717) is 11.4 Å². The largest absolute Gasteiger partial charge is 0.307 e. The lowest BCUT2D eigenvalue weighted by atomic mass is 10.2. The summed E-state index contributed by atoms with van der Waals surface area (Å²) in [5.41, 5.74) is 0.565. The fourth-order valence-corrected chi connectivity index (χ4v) is 2.95. The summed E-state index contributed by atoms with van der Waals surface area (Å²) in [6.07, 6.45) is 4.75. The molecular formula is C18H13FN2OS. The number of aromatic nitrogens is 1. The van der Waals surface area contributed by atoms with Crippen molar-refractivity contribution in [1.82, 2.24) is 4.98 Å². The molecule has 3 rings (SSSR count). The minimum Gasteiger partial charge on any atom is -0.307 e. The first-order valence-corrected chi connectivity index (χ1v) is 7.79. The van der Waals surface area contributed by atoms with Crippen LogP contribution in [0.5, 0.6) is 0 Å². The zero-order valence-electron chi connectivity index (χ0n) is 12.1. The van der Waals surface area contributed by atoms with Crippen LogP contribution in [0, 0.1) is 5.82 Å². The normalized spacial score (nSPS) is 10.8. The Morgan fingerprint density at radius 3 is 2.70 bits per heavy atom. The van der Waals surface area contributed by atoms with E-state index < -0.39 is 0 Å². The Hall–Kier alpha value is -2.79. The second-order valence-electron chi connectivity index (χ2n) is 4.72. The third kappa shape index (κ3) is 3.90. The van der Waals surface area contributed by atoms with Crippen molar-refractivity contribution in [3.05, 3.63) is 77.6 Å². The molecule has 0 aliphatic rings. The molecule has 0 bridgehead atoms. The Balaban J connectivity index is 1.69. The van der Waals surface area contributed by atoms with Gasteiger partial charge in [0.05, 0.1) is 0 Å². The molecule has 0 saturated carbocycles. The topological polar surface area (TPSA) is 42.0 Å². The number of anilines is 1. The number of nitrogens with zero attached hydrogens (tertiary/aromatic N) is 1. The van der Waals surface area contributed by atoms with Gasteiger partial charge in [0.15, 0.2) is 0 Å². The van der Waals surface area contributed by atoms with Crippen molar-refractivity contribution >= 4 is 29.1 Å². The van der Waals surface area contributed by atoms with Crippen LogP contribution < -0.4 is 5.32 Å². The van der Waals surface area contributed by atoms with Gasteiger partial charge in [-0.15, -0.1) is 11.3 Å². The number of nitrogens with one attached hydrogen (secondary N) is 1. The highest BCUT2D eigenvalue weighted by atomic mass is 32.1. The van der Waals surface area contributed by atoms with Crippen molar-refractivity contribution in [1.29, 1.82) is 0 Å². The SMILES string of the molecule is O=C(/C=C/c1ccc(-c2ccccc2F)s1)Nc1ccccn1. The Morgan fingerprint density at radius 2 is 1.91 bits per heavy atom. The van der Waals surface area contributed by atoms with Gasteiger partial charge in [0, 0.05) is 27.6 Å². The molecule has 0 atom stereocenters. The van der Waals surface area contributed by atoms with Gasteiger partial charge in [-0.2, -0.15) is 0 Å². The molecule has 2 heterocycles. The molecule has 3 nitrogen and oxygen atoms in total. The number of hydrogen-bond acceptors (Lipinski definition) is 3. The first-order chi connectivity index (χ1) is 11.2. The fraction of sp³-hybridized carbons (Fsp3) is 0. The summed E-state index contributed by atoms with van der Waals surface area (Å²) in [5.74, 6) is -0.0114. The molecule has 0 fully saturated rings. The minimum absolute atomic E-state index is 0.252. The predicted molar refractivity (Wildman–Crippen MR) is 91.6 cm³/mol. The highest BCUT2D eigenvalue weighted by Gasteiger charge is 2.06. The van der Waals surface area contributed by atoms with E-state index in [1.807, 2.05) is 12.1 Å². The number of benzene rings is 1. The standard InChI is InChI=1S/C18H13FN2OS/c19-15-6-2-1-5-14(15)16-10-8-13(23-16)9-11-18(22)21-17-7-3-4-12-20-17/h1-12H,(H,20,21,22)/b11-9+. The number of carbonyl (C=O) groups is 1. The van der Waals surface area contributed by atoms with E-state index in [2.05, 4.69) is 10.3 Å². The summed E-state index contributed by atoms with van der Waals surface area (Å²) >= 11 is 1.43. The zero-order chi connectivity index (χ0) is 16.1. The molecule has 2 aromatic heterocycles. The molecular weight excluding hydrogens is 311 g/mol. The van der Waals surface area contributed by atoms with Crippen LogP contribution in [0.25, 0.3) is 16.5 Å². The van der Waals surface area contributed by atoms with Crippen LogP contribution in [0.1, 0.15) is 4.88 Å². The molecule has 23 heavy (non-hydrogen) atoms. The number of thiophene rings is 1. The summed E-state index contributed by atoms with van der Waals surface area (Å²) in [4.78, 5) is 17.5. The molecule has 0 saturated heterocycles. The number of hydrogen-bond donors (Lipinski definition) is 1. The van der Waals surface area contributed by atoms with E-state index in [4.69, 9.17) is 0 Å². The first-order valence-electron chi connectivity index (χ1n) is 6.97. The van der Waals surface area contributed by atoms with Crippen LogP contribution in [-0.2, 0) is 4.79 Å². The zero-order valence-corrected chi connectivity index (χ0v) is 12.9. The molecule has 5 heteroatoms. The maximum atomic E-state index is 13.8. The number of carbonyl (C=O) groups excluding carboxylic acids is 1. The van der Waals surface area contributed by atoms with Crippen LogP contribution in [0.4, 0.5) is 10.2 Å². The van der Waals surface area contributed by atoms with Crippen molar-refractivity contribution in [2.75, 3.05) is 5.32 Å². The van der Waals surface area contributed by atoms with Gasteiger partial charge in [-0.05, 0) is 36.4 Å². The van der Waals surface area contributed by atoms with Gasteiger partial charge < -0.3 is 5.32 Å².